The SMILES string of the molecule is c1ccc(-c2nc(-c3ccccc3)nc(-c3ccc(-n4c5ccccc5c5ccccc54)c(-c4nc(-c5ccccc5)nc(-c5cccc(-c6cccc(N7c8ccccc8B8c9ccccc9N(c9ccccc9)c9cccc7c98)c6)c5)n4)c3)n2)cc1. The second kappa shape index (κ2) is 21.0. The molecule has 2 aliphatic rings. The minimum absolute atomic E-state index is 0.0465. The number of hydrogen-bond acceptors (Lipinski definition) is 8. The Bertz CT molecular complexity index is 5080. The molecule has 10 heteroatoms. The summed E-state index contributed by atoms with van der Waals surface area (Å²) in [5.41, 5.74) is 20.8. The second-order valence-electron chi connectivity index (χ2n) is 22.2. The zero-order valence-electron chi connectivity index (χ0n) is 47.5. The van der Waals surface area contributed by atoms with Gasteiger partial charge in [-0.15, -0.1) is 0 Å². The Labute approximate surface area is 509 Å². The molecule has 410 valence electrons. The molecule has 2 aliphatic heterocycles. The van der Waals surface area contributed by atoms with Crippen LogP contribution in [0.3, 0.4) is 0 Å². The van der Waals surface area contributed by atoms with Gasteiger partial charge in [0, 0.05) is 78.3 Å². The molecule has 0 N–H and O–H groups in total. The maximum Gasteiger partial charge on any atom is 0.252 e. The number of fused-ring (bicyclic) bond motifs is 7. The third-order valence-electron chi connectivity index (χ3n) is 17.1. The molecular weight excluding hydrogens is 1070 g/mol. The highest BCUT2D eigenvalue weighted by atomic mass is 15.2. The lowest BCUT2D eigenvalue weighted by Gasteiger charge is -2.44. The summed E-state index contributed by atoms with van der Waals surface area (Å²) in [5, 5.41) is 2.29. The maximum absolute atomic E-state index is 5.54. The number of rotatable bonds is 10. The fourth-order valence-electron chi connectivity index (χ4n) is 13.1. The first kappa shape index (κ1) is 50.6. The molecule has 0 aliphatic carbocycles. The number of aromatic nitrogens is 7. The summed E-state index contributed by atoms with van der Waals surface area (Å²) in [5.74, 6) is 3.25. The van der Waals surface area contributed by atoms with Crippen LogP contribution in [-0.4, -0.2) is 41.2 Å². The van der Waals surface area contributed by atoms with Gasteiger partial charge in [0.1, 0.15) is 0 Å². The third-order valence-corrected chi connectivity index (χ3v) is 17.1. The van der Waals surface area contributed by atoms with Gasteiger partial charge in [0.05, 0.1) is 16.7 Å². The van der Waals surface area contributed by atoms with E-state index in [9.17, 15) is 0 Å². The van der Waals surface area contributed by atoms with E-state index in [4.69, 9.17) is 29.9 Å². The number of anilines is 6. The summed E-state index contributed by atoms with van der Waals surface area (Å²) < 4.78 is 2.32. The summed E-state index contributed by atoms with van der Waals surface area (Å²) in [6.07, 6.45) is 0. The van der Waals surface area contributed by atoms with Crippen molar-refractivity contribution < 1.29 is 0 Å². The first-order chi connectivity index (χ1) is 43.6. The highest BCUT2D eigenvalue weighted by Crippen LogP contribution is 2.45. The lowest BCUT2D eigenvalue weighted by molar-refractivity contribution is 1.06. The Hall–Kier alpha value is -11.9. The zero-order valence-corrected chi connectivity index (χ0v) is 47.5. The van der Waals surface area contributed by atoms with Crippen LogP contribution in [0.5, 0.6) is 0 Å². The predicted octanol–water partition coefficient (Wildman–Crippen LogP) is 16.9. The normalized spacial score (nSPS) is 12.2. The minimum atomic E-state index is 0.0465. The molecule has 0 unspecified atom stereocenters. The Morgan fingerprint density at radius 3 is 1.17 bits per heavy atom. The summed E-state index contributed by atoms with van der Waals surface area (Å²) >= 11 is 0. The first-order valence-electron chi connectivity index (χ1n) is 29.6. The van der Waals surface area contributed by atoms with E-state index in [0.717, 1.165) is 94.8 Å². The van der Waals surface area contributed by atoms with Crippen LogP contribution in [0.4, 0.5) is 34.1 Å². The van der Waals surface area contributed by atoms with Crippen LogP contribution in [0.25, 0.3) is 107 Å². The molecule has 5 heterocycles. The van der Waals surface area contributed by atoms with Gasteiger partial charge in [0.25, 0.3) is 6.71 Å². The first-order valence-corrected chi connectivity index (χ1v) is 29.6. The van der Waals surface area contributed by atoms with Crippen LogP contribution < -0.4 is 26.2 Å². The molecule has 0 saturated carbocycles. The van der Waals surface area contributed by atoms with Crippen molar-refractivity contribution in [2.24, 2.45) is 0 Å². The smallest absolute Gasteiger partial charge is 0.252 e. The largest absolute Gasteiger partial charge is 0.311 e. The van der Waals surface area contributed by atoms with Gasteiger partial charge in [-0.05, 0) is 112 Å². The van der Waals surface area contributed by atoms with Gasteiger partial charge in [0.15, 0.2) is 34.9 Å². The molecule has 0 fully saturated rings. The van der Waals surface area contributed by atoms with Gasteiger partial charge in [0.2, 0.25) is 0 Å². The van der Waals surface area contributed by atoms with Crippen molar-refractivity contribution >= 4 is 79.0 Å². The van der Waals surface area contributed by atoms with Gasteiger partial charge < -0.3 is 14.4 Å². The van der Waals surface area contributed by atoms with Gasteiger partial charge in [-0.2, -0.15) is 0 Å². The van der Waals surface area contributed by atoms with Crippen molar-refractivity contribution in [1.82, 2.24) is 34.5 Å². The van der Waals surface area contributed by atoms with Crippen LogP contribution in [0.15, 0.2) is 303 Å². The standard InChI is InChI=1S/C78H50BN9/c1-5-24-51(25-6-1)73-80-74(52-26-7-2-8-27-52)82-77(81-73)57-46-47-67(88-65-40-17-13-36-60(65)61-37-14-18-41-66(61)88)62(50-57)78-84-75(53-28-9-3-10-29-53)83-76(85-78)56-32-21-30-54(48-56)55-31-22-35-59(49-55)87-69-43-20-16-39-64(69)79-63-38-15-19-42-68(63)86(58-33-11-4-12-34-58)70-44-23-45-71(87)72(70)79/h1-50H. The number of hydrogen-bond donors (Lipinski definition) is 0. The monoisotopic (exact) mass is 1120 g/mol. The molecule has 9 nitrogen and oxygen atoms in total. The van der Waals surface area contributed by atoms with Crippen molar-refractivity contribution in [3.8, 4) is 85.1 Å². The molecule has 17 rings (SSSR count). The fourth-order valence-corrected chi connectivity index (χ4v) is 13.1. The Morgan fingerprint density at radius 2 is 0.614 bits per heavy atom. The molecule has 88 heavy (non-hydrogen) atoms. The van der Waals surface area contributed by atoms with E-state index in [0.29, 0.717) is 34.9 Å². The predicted molar refractivity (Wildman–Crippen MR) is 360 cm³/mol. The Kier molecular flexibility index (Phi) is 12.1. The molecule has 3 aromatic heterocycles. The molecule has 0 atom stereocenters. The molecular formula is C78H50BN9. The maximum atomic E-state index is 5.54. The van der Waals surface area contributed by atoms with Gasteiger partial charge in [-0.25, -0.2) is 29.9 Å². The topological polar surface area (TPSA) is 88.8 Å². The quantitative estimate of drug-likeness (QED) is 0.125. The van der Waals surface area contributed by atoms with Crippen molar-refractivity contribution in [3.63, 3.8) is 0 Å². The van der Waals surface area contributed by atoms with E-state index < -0.39 is 0 Å². The van der Waals surface area contributed by atoms with Crippen LogP contribution >= 0.6 is 0 Å². The van der Waals surface area contributed by atoms with E-state index in [1.807, 2.05) is 78.9 Å². The lowest BCUT2D eigenvalue weighted by Crippen LogP contribution is -2.61. The third kappa shape index (κ3) is 8.56. The number of benzene rings is 12. The van der Waals surface area contributed by atoms with E-state index in [1.165, 1.54) is 27.8 Å². The van der Waals surface area contributed by atoms with Crippen molar-refractivity contribution in [3.05, 3.63) is 303 Å². The number of para-hydroxylation sites is 5. The molecule has 0 radical (unpaired) electrons. The van der Waals surface area contributed by atoms with E-state index in [-0.39, 0.29) is 6.71 Å². The van der Waals surface area contributed by atoms with E-state index in [2.05, 4.69) is 239 Å². The molecule has 0 saturated heterocycles. The molecule has 0 spiro atoms. The minimum Gasteiger partial charge on any atom is -0.311 e. The summed E-state index contributed by atoms with van der Waals surface area (Å²) in [6, 6.07) is 107. The second-order valence-corrected chi connectivity index (χ2v) is 22.2. The average Bonchev–Trinajstić information content (AvgIpc) is 1.00. The average molecular weight is 1120 g/mol. The van der Waals surface area contributed by atoms with Crippen molar-refractivity contribution in [1.29, 1.82) is 0 Å². The van der Waals surface area contributed by atoms with Crippen LogP contribution in [0.2, 0.25) is 0 Å². The molecule has 15 aromatic rings. The Balaban J connectivity index is 0.829. The van der Waals surface area contributed by atoms with Crippen LogP contribution in [0.1, 0.15) is 0 Å². The highest BCUT2D eigenvalue weighted by molar-refractivity contribution is 7.00. The summed E-state index contributed by atoms with van der Waals surface area (Å²) in [4.78, 5) is 36.6. The zero-order chi connectivity index (χ0) is 58.1. The molecule has 0 bridgehead atoms. The Morgan fingerprint density at radius 1 is 0.239 bits per heavy atom. The lowest BCUT2D eigenvalue weighted by atomic mass is 9.33. The van der Waals surface area contributed by atoms with E-state index in [1.54, 1.807) is 0 Å². The van der Waals surface area contributed by atoms with Crippen molar-refractivity contribution in [2.45, 2.75) is 0 Å². The summed E-state index contributed by atoms with van der Waals surface area (Å²) in [7, 11) is 0. The van der Waals surface area contributed by atoms with Gasteiger partial charge >= 0.3 is 0 Å². The van der Waals surface area contributed by atoms with Gasteiger partial charge in [-0.3, -0.25) is 0 Å². The van der Waals surface area contributed by atoms with Crippen molar-refractivity contribution in [2.75, 3.05) is 9.80 Å². The summed E-state index contributed by atoms with van der Waals surface area (Å²) in [6.45, 7) is 0.0465. The number of nitrogens with zero attached hydrogens (tertiary/aromatic N) is 9. The van der Waals surface area contributed by atoms with Gasteiger partial charge in [-0.1, -0.05) is 218 Å². The van der Waals surface area contributed by atoms with Crippen LogP contribution in [0, 0.1) is 0 Å². The molecule has 12 aromatic carbocycles. The van der Waals surface area contributed by atoms with Crippen LogP contribution in [-0.2, 0) is 0 Å². The fraction of sp³-hybridized carbons (Fsp3) is 0. The highest BCUT2D eigenvalue weighted by Gasteiger charge is 2.43. The molecule has 0 amide bonds. The van der Waals surface area contributed by atoms with E-state index >= 15 is 0 Å².